The van der Waals surface area contributed by atoms with Gasteiger partial charge in [0.05, 0.1) is 11.8 Å². The van der Waals surface area contributed by atoms with E-state index in [-0.39, 0.29) is 16.5 Å². The Hall–Kier alpha value is -0.0400. The second-order valence-electron chi connectivity index (χ2n) is 5.14. The minimum absolute atomic E-state index is 0.0971. The Balaban J connectivity index is 4.39. The molecule has 2 atom stereocenters. The van der Waals surface area contributed by atoms with Gasteiger partial charge in [0.2, 0.25) is 0 Å². The monoisotopic (exact) mass is 281 g/mol. The van der Waals surface area contributed by atoms with Gasteiger partial charge in [0.1, 0.15) is 14.6 Å². The quantitative estimate of drug-likeness (QED) is 0.566. The Morgan fingerprint density at radius 3 is 2.35 bits per heavy atom. The first kappa shape index (κ1) is 17.0. The van der Waals surface area contributed by atoms with Gasteiger partial charge in [-0.3, -0.25) is 0 Å². The van der Waals surface area contributed by atoms with Crippen molar-refractivity contribution < 1.29 is 13.0 Å². The molecule has 1 N–H and O–H groups in total. The third-order valence-electron chi connectivity index (χ3n) is 2.12. The zero-order valence-electron chi connectivity index (χ0n) is 11.0. The molecule has 102 valence electrons. The molecule has 0 amide bonds. The highest BCUT2D eigenvalue weighted by Gasteiger charge is 2.29. The van der Waals surface area contributed by atoms with E-state index in [1.807, 2.05) is 20.8 Å². The van der Waals surface area contributed by atoms with Gasteiger partial charge in [-0.25, -0.2) is 8.42 Å². The summed E-state index contributed by atoms with van der Waals surface area (Å²) in [6.07, 6.45) is 3.97. The highest BCUT2D eigenvalue weighted by molar-refractivity contribution is 7.91. The van der Waals surface area contributed by atoms with Crippen molar-refractivity contribution in [3.05, 3.63) is 12.7 Å². The standard InChI is InChI=1S/C11H23NO3S2/c1-6-7-10(8-9-17(5,14)15)12-16(13)11(2,3)4/h6,10,12H,1,7-9H2,2-5H3/t10-,16?/m1/s1. The fraction of sp³-hybridized carbons (Fsp3) is 0.818. The maximum absolute atomic E-state index is 11.9. The molecule has 1 unspecified atom stereocenters. The van der Waals surface area contributed by atoms with E-state index in [1.165, 1.54) is 6.26 Å². The normalized spacial score (nSPS) is 16.5. The molecular formula is C11H23NO3S2. The third-order valence-corrected chi connectivity index (χ3v) is 4.76. The Kier molecular flexibility index (Phi) is 6.76. The molecule has 0 aromatic carbocycles. The van der Waals surface area contributed by atoms with Crippen LogP contribution in [0.4, 0.5) is 0 Å². The Morgan fingerprint density at radius 2 is 2.00 bits per heavy atom. The smallest absolute Gasteiger partial charge is 0.147 e. The van der Waals surface area contributed by atoms with Crippen molar-refractivity contribution in [3.8, 4) is 0 Å². The molecule has 0 bridgehead atoms. The van der Waals surface area contributed by atoms with Crippen LogP contribution in [0.1, 0.15) is 33.6 Å². The van der Waals surface area contributed by atoms with Crippen molar-refractivity contribution in [2.24, 2.45) is 0 Å². The highest BCUT2D eigenvalue weighted by atomic mass is 32.2. The summed E-state index contributed by atoms with van der Waals surface area (Å²) < 4.78 is 36.7. The number of sulfone groups is 1. The third kappa shape index (κ3) is 8.65. The predicted molar refractivity (Wildman–Crippen MR) is 74.0 cm³/mol. The molecule has 0 rings (SSSR count). The molecule has 0 fully saturated rings. The fourth-order valence-corrected chi connectivity index (χ4v) is 2.69. The van der Waals surface area contributed by atoms with Crippen molar-refractivity contribution in [1.29, 1.82) is 0 Å². The summed E-state index contributed by atoms with van der Waals surface area (Å²) >= 11 is -1.19. The molecule has 0 aliphatic carbocycles. The molecule has 0 aliphatic rings. The van der Waals surface area contributed by atoms with E-state index in [2.05, 4.69) is 11.3 Å². The summed E-state index contributed by atoms with van der Waals surface area (Å²) in [6.45, 7) is 9.24. The van der Waals surface area contributed by atoms with E-state index in [4.69, 9.17) is 0 Å². The maximum Gasteiger partial charge on any atom is 0.147 e. The molecule has 0 aromatic rings. The van der Waals surface area contributed by atoms with Crippen LogP contribution in [-0.2, 0) is 21.2 Å². The van der Waals surface area contributed by atoms with Crippen LogP contribution < -0.4 is 4.72 Å². The first-order valence-electron chi connectivity index (χ1n) is 5.53. The molecule has 6 heteroatoms. The van der Waals surface area contributed by atoms with Crippen LogP contribution in [0.25, 0.3) is 0 Å². The molecule has 0 saturated carbocycles. The van der Waals surface area contributed by atoms with Crippen LogP contribution in [0.2, 0.25) is 0 Å². The van der Waals surface area contributed by atoms with E-state index >= 15 is 0 Å². The molecule has 0 radical (unpaired) electrons. The van der Waals surface area contributed by atoms with Crippen molar-refractivity contribution in [2.75, 3.05) is 12.0 Å². The van der Waals surface area contributed by atoms with Gasteiger partial charge < -0.3 is 4.55 Å². The number of hydrogen-bond acceptors (Lipinski definition) is 4. The Labute approximate surface area is 108 Å². The molecule has 17 heavy (non-hydrogen) atoms. The van der Waals surface area contributed by atoms with Crippen molar-refractivity contribution in [3.63, 3.8) is 0 Å². The average Bonchev–Trinajstić information content (AvgIpc) is 2.11. The zero-order chi connectivity index (χ0) is 13.7. The summed E-state index contributed by atoms with van der Waals surface area (Å²) in [4.78, 5) is 0. The highest BCUT2D eigenvalue weighted by Crippen LogP contribution is 2.15. The van der Waals surface area contributed by atoms with Gasteiger partial charge in [0.15, 0.2) is 0 Å². The van der Waals surface area contributed by atoms with Crippen LogP contribution >= 0.6 is 0 Å². The second kappa shape index (κ2) is 6.78. The minimum Gasteiger partial charge on any atom is -0.598 e. The van der Waals surface area contributed by atoms with Gasteiger partial charge in [-0.2, -0.15) is 0 Å². The molecular weight excluding hydrogens is 258 g/mol. The van der Waals surface area contributed by atoms with Gasteiger partial charge in [-0.1, -0.05) is 6.08 Å². The molecule has 0 aliphatic heterocycles. The predicted octanol–water partition coefficient (Wildman–Crippen LogP) is 1.42. The molecule has 0 saturated heterocycles. The average molecular weight is 281 g/mol. The van der Waals surface area contributed by atoms with Gasteiger partial charge in [-0.15, -0.1) is 11.3 Å². The first-order chi connectivity index (χ1) is 7.56. The van der Waals surface area contributed by atoms with Gasteiger partial charge >= 0.3 is 0 Å². The van der Waals surface area contributed by atoms with E-state index in [9.17, 15) is 13.0 Å². The summed E-state index contributed by atoms with van der Waals surface area (Å²) in [6, 6.07) is -0.109. The summed E-state index contributed by atoms with van der Waals surface area (Å²) in [5.74, 6) is 0.0971. The lowest BCUT2D eigenvalue weighted by Gasteiger charge is -2.27. The summed E-state index contributed by atoms with van der Waals surface area (Å²) in [5, 5.41) is 0. The summed E-state index contributed by atoms with van der Waals surface area (Å²) in [5.41, 5.74) is 0. The Morgan fingerprint density at radius 1 is 1.47 bits per heavy atom. The van der Waals surface area contributed by atoms with E-state index < -0.39 is 21.2 Å². The topological polar surface area (TPSA) is 69.2 Å². The van der Waals surface area contributed by atoms with Crippen molar-refractivity contribution in [1.82, 2.24) is 4.72 Å². The number of nitrogens with one attached hydrogen (secondary N) is 1. The van der Waals surface area contributed by atoms with E-state index in [1.54, 1.807) is 6.08 Å². The minimum atomic E-state index is -2.98. The van der Waals surface area contributed by atoms with Crippen LogP contribution in [0.15, 0.2) is 12.7 Å². The lowest BCUT2D eigenvalue weighted by molar-refractivity contribution is 0.511. The summed E-state index contributed by atoms with van der Waals surface area (Å²) in [7, 11) is -2.98. The van der Waals surface area contributed by atoms with Crippen LogP contribution in [0.5, 0.6) is 0 Å². The van der Waals surface area contributed by atoms with Gasteiger partial charge in [0.25, 0.3) is 0 Å². The van der Waals surface area contributed by atoms with Crippen molar-refractivity contribution in [2.45, 2.75) is 44.4 Å². The van der Waals surface area contributed by atoms with Crippen LogP contribution in [0, 0.1) is 0 Å². The van der Waals surface area contributed by atoms with Gasteiger partial charge in [-0.05, 0) is 33.6 Å². The largest absolute Gasteiger partial charge is 0.598 e. The van der Waals surface area contributed by atoms with Crippen molar-refractivity contribution >= 4 is 21.2 Å². The molecule has 0 heterocycles. The van der Waals surface area contributed by atoms with E-state index in [0.717, 1.165) is 0 Å². The fourth-order valence-electron chi connectivity index (χ4n) is 1.11. The van der Waals surface area contributed by atoms with Crippen LogP contribution in [-0.4, -0.2) is 35.8 Å². The number of hydrogen-bond donors (Lipinski definition) is 1. The lowest BCUT2D eigenvalue weighted by atomic mass is 10.2. The maximum atomic E-state index is 11.9. The molecule has 0 spiro atoms. The second-order valence-corrected chi connectivity index (χ2v) is 9.40. The Bertz CT molecular complexity index is 333. The van der Waals surface area contributed by atoms with Gasteiger partial charge in [0, 0.05) is 17.6 Å². The van der Waals surface area contributed by atoms with Crippen LogP contribution in [0.3, 0.4) is 0 Å². The lowest BCUT2D eigenvalue weighted by Crippen LogP contribution is -2.45. The zero-order valence-corrected chi connectivity index (χ0v) is 12.7. The molecule has 0 aromatic heterocycles. The van der Waals surface area contributed by atoms with E-state index in [0.29, 0.717) is 12.8 Å². The SMILES string of the molecule is C=CC[C@H](CCS(C)(=O)=O)N[S+]([O-])C(C)(C)C. The molecule has 4 nitrogen and oxygen atoms in total. The first-order valence-corrected chi connectivity index (χ1v) is 8.74. The number of rotatable bonds is 7.